The van der Waals surface area contributed by atoms with Crippen LogP contribution < -0.4 is 5.32 Å². The van der Waals surface area contributed by atoms with Crippen molar-refractivity contribution in [2.45, 2.75) is 26.7 Å². The van der Waals surface area contributed by atoms with Crippen LogP contribution >= 0.6 is 0 Å². The van der Waals surface area contributed by atoms with Crippen LogP contribution in [0.3, 0.4) is 0 Å². The van der Waals surface area contributed by atoms with Crippen molar-refractivity contribution in [1.29, 1.82) is 0 Å². The van der Waals surface area contributed by atoms with Gasteiger partial charge < -0.3 is 15.0 Å². The SMILES string of the molecule is CC(C)CNC(=O)[C@]12COC[C@H]1CN(C(=O)CCC(=O)c1ccc(F)cc1)C2. The van der Waals surface area contributed by atoms with Crippen molar-refractivity contribution in [3.8, 4) is 0 Å². The minimum atomic E-state index is -0.689. The lowest BCUT2D eigenvalue weighted by molar-refractivity contribution is -0.134. The van der Waals surface area contributed by atoms with Gasteiger partial charge in [-0.2, -0.15) is 0 Å². The molecule has 0 bridgehead atoms. The first kappa shape index (κ1) is 20.5. The molecule has 152 valence electrons. The zero-order valence-corrected chi connectivity index (χ0v) is 16.4. The summed E-state index contributed by atoms with van der Waals surface area (Å²) < 4.78 is 18.5. The maximum absolute atomic E-state index is 13.0. The van der Waals surface area contributed by atoms with E-state index in [0.717, 1.165) is 0 Å². The molecular weight excluding hydrogens is 363 g/mol. The number of carbonyl (C=O) groups excluding carboxylic acids is 3. The molecule has 2 aliphatic rings. The third-order valence-corrected chi connectivity index (χ3v) is 5.58. The standard InChI is InChI=1S/C21H27FN2O4/c1-14(2)9-23-20(27)21-12-24(10-16(21)11-28-13-21)19(26)8-7-18(25)15-3-5-17(22)6-4-15/h3-6,14,16H,7-13H2,1-2H3,(H,23,27)/t16-,21-/m1/s1. The summed E-state index contributed by atoms with van der Waals surface area (Å²) in [5.74, 6) is -0.462. The normalized spacial score (nSPS) is 23.7. The maximum Gasteiger partial charge on any atom is 0.230 e. The van der Waals surface area contributed by atoms with Crippen molar-refractivity contribution in [1.82, 2.24) is 10.2 Å². The maximum atomic E-state index is 13.0. The molecule has 2 saturated heterocycles. The van der Waals surface area contributed by atoms with Crippen molar-refractivity contribution in [2.75, 3.05) is 32.8 Å². The summed E-state index contributed by atoms with van der Waals surface area (Å²) in [4.78, 5) is 39.3. The number of hydrogen-bond acceptors (Lipinski definition) is 4. The van der Waals surface area contributed by atoms with Gasteiger partial charge >= 0.3 is 0 Å². The van der Waals surface area contributed by atoms with Crippen molar-refractivity contribution < 1.29 is 23.5 Å². The van der Waals surface area contributed by atoms with E-state index >= 15 is 0 Å². The second-order valence-corrected chi connectivity index (χ2v) is 8.18. The van der Waals surface area contributed by atoms with Crippen molar-refractivity contribution in [2.24, 2.45) is 17.3 Å². The molecule has 0 saturated carbocycles. The number of halogens is 1. The van der Waals surface area contributed by atoms with E-state index < -0.39 is 11.2 Å². The summed E-state index contributed by atoms with van der Waals surface area (Å²) in [7, 11) is 0. The molecule has 2 fully saturated rings. The Morgan fingerprint density at radius 1 is 1.25 bits per heavy atom. The number of Topliss-reactive ketones (excluding diaryl/α,β-unsaturated/α-hetero) is 1. The highest BCUT2D eigenvalue weighted by molar-refractivity contribution is 5.98. The molecule has 28 heavy (non-hydrogen) atoms. The number of ketones is 1. The number of rotatable bonds is 7. The van der Waals surface area contributed by atoms with Gasteiger partial charge in [-0.3, -0.25) is 14.4 Å². The number of amides is 2. The van der Waals surface area contributed by atoms with E-state index in [1.807, 2.05) is 13.8 Å². The fraction of sp³-hybridized carbons (Fsp3) is 0.571. The molecule has 2 atom stereocenters. The van der Waals surface area contributed by atoms with Crippen LogP contribution in [0.5, 0.6) is 0 Å². The average Bonchev–Trinajstić information content (AvgIpc) is 3.23. The van der Waals surface area contributed by atoms with Gasteiger partial charge in [0.2, 0.25) is 11.8 Å². The van der Waals surface area contributed by atoms with Gasteiger partial charge in [-0.15, -0.1) is 0 Å². The Morgan fingerprint density at radius 3 is 2.64 bits per heavy atom. The molecule has 1 aromatic rings. The van der Waals surface area contributed by atoms with Gasteiger partial charge in [-0.05, 0) is 30.2 Å². The number of likely N-dealkylation sites (tertiary alicyclic amines) is 1. The molecule has 6 nitrogen and oxygen atoms in total. The second kappa shape index (κ2) is 8.39. The van der Waals surface area contributed by atoms with E-state index in [1.54, 1.807) is 4.90 Å². The smallest absolute Gasteiger partial charge is 0.230 e. The summed E-state index contributed by atoms with van der Waals surface area (Å²) in [6.07, 6.45) is 0.141. The van der Waals surface area contributed by atoms with Crippen molar-refractivity contribution in [3.63, 3.8) is 0 Å². The molecule has 7 heteroatoms. The summed E-state index contributed by atoms with van der Waals surface area (Å²) in [6, 6.07) is 5.31. The molecule has 0 unspecified atom stereocenters. The number of carbonyl (C=O) groups is 3. The number of ether oxygens (including phenoxy) is 1. The topological polar surface area (TPSA) is 75.7 Å². The van der Waals surface area contributed by atoms with Crippen LogP contribution in [0, 0.1) is 23.1 Å². The molecule has 0 radical (unpaired) electrons. The molecule has 0 aromatic heterocycles. The van der Waals surface area contributed by atoms with Gasteiger partial charge in [-0.25, -0.2) is 4.39 Å². The minimum absolute atomic E-state index is 0.0172. The van der Waals surface area contributed by atoms with Crippen molar-refractivity contribution in [3.05, 3.63) is 35.6 Å². The van der Waals surface area contributed by atoms with E-state index in [0.29, 0.717) is 44.3 Å². The first-order valence-electron chi connectivity index (χ1n) is 9.74. The lowest BCUT2D eigenvalue weighted by atomic mass is 9.80. The highest BCUT2D eigenvalue weighted by Crippen LogP contribution is 2.41. The van der Waals surface area contributed by atoms with Crippen LogP contribution in [0.25, 0.3) is 0 Å². The molecule has 2 aliphatic heterocycles. The minimum Gasteiger partial charge on any atom is -0.380 e. The van der Waals surface area contributed by atoms with Gasteiger partial charge in [0.25, 0.3) is 0 Å². The van der Waals surface area contributed by atoms with Gasteiger partial charge in [-0.1, -0.05) is 13.8 Å². The predicted molar refractivity (Wildman–Crippen MR) is 101 cm³/mol. The van der Waals surface area contributed by atoms with E-state index in [-0.39, 0.29) is 36.4 Å². The van der Waals surface area contributed by atoms with Gasteiger partial charge in [0.15, 0.2) is 5.78 Å². The lowest BCUT2D eigenvalue weighted by Gasteiger charge is -2.26. The lowest BCUT2D eigenvalue weighted by Crippen LogP contribution is -2.47. The molecule has 2 amide bonds. The summed E-state index contributed by atoms with van der Waals surface area (Å²) in [5.41, 5.74) is -0.295. The van der Waals surface area contributed by atoms with Crippen LogP contribution in [0.1, 0.15) is 37.0 Å². The van der Waals surface area contributed by atoms with Gasteiger partial charge in [0, 0.05) is 44.0 Å². The Kier molecular flexibility index (Phi) is 6.13. The Bertz CT molecular complexity index is 749. The van der Waals surface area contributed by atoms with Crippen LogP contribution in [-0.2, 0) is 14.3 Å². The Labute approximate surface area is 164 Å². The predicted octanol–water partition coefficient (Wildman–Crippen LogP) is 2.04. The zero-order valence-electron chi connectivity index (χ0n) is 16.4. The molecule has 0 spiro atoms. The highest BCUT2D eigenvalue weighted by Gasteiger charge is 2.56. The second-order valence-electron chi connectivity index (χ2n) is 8.18. The quantitative estimate of drug-likeness (QED) is 0.723. The fourth-order valence-electron chi connectivity index (χ4n) is 3.88. The Morgan fingerprint density at radius 2 is 1.96 bits per heavy atom. The van der Waals surface area contributed by atoms with Crippen LogP contribution in [0.2, 0.25) is 0 Å². The van der Waals surface area contributed by atoms with Crippen LogP contribution in [0.15, 0.2) is 24.3 Å². The molecule has 2 heterocycles. The Hall–Kier alpha value is -2.28. The van der Waals surface area contributed by atoms with E-state index in [2.05, 4.69) is 5.32 Å². The zero-order chi connectivity index (χ0) is 20.3. The average molecular weight is 390 g/mol. The summed E-state index contributed by atoms with van der Waals surface area (Å²) in [5, 5.41) is 2.98. The molecule has 3 rings (SSSR count). The summed E-state index contributed by atoms with van der Waals surface area (Å²) >= 11 is 0. The number of nitrogens with one attached hydrogen (secondary N) is 1. The van der Waals surface area contributed by atoms with Crippen LogP contribution in [0.4, 0.5) is 4.39 Å². The Balaban J connectivity index is 1.57. The number of benzene rings is 1. The van der Waals surface area contributed by atoms with Gasteiger partial charge in [0.05, 0.1) is 18.6 Å². The molecule has 0 aliphatic carbocycles. The van der Waals surface area contributed by atoms with Crippen LogP contribution in [-0.4, -0.2) is 55.3 Å². The van der Waals surface area contributed by atoms with E-state index in [9.17, 15) is 18.8 Å². The third-order valence-electron chi connectivity index (χ3n) is 5.58. The fourth-order valence-corrected chi connectivity index (χ4v) is 3.88. The third kappa shape index (κ3) is 4.24. The largest absolute Gasteiger partial charge is 0.380 e. The monoisotopic (exact) mass is 390 g/mol. The number of fused-ring (bicyclic) bond motifs is 1. The molecular formula is C21H27FN2O4. The van der Waals surface area contributed by atoms with Gasteiger partial charge in [0.1, 0.15) is 5.82 Å². The van der Waals surface area contributed by atoms with Crippen molar-refractivity contribution >= 4 is 17.6 Å². The first-order valence-corrected chi connectivity index (χ1v) is 9.74. The first-order chi connectivity index (χ1) is 13.3. The number of nitrogens with zero attached hydrogens (tertiary/aromatic N) is 1. The number of hydrogen-bond donors (Lipinski definition) is 1. The molecule has 1 N–H and O–H groups in total. The summed E-state index contributed by atoms with van der Waals surface area (Å²) in [6.45, 7) is 6.23. The molecule has 1 aromatic carbocycles. The highest BCUT2D eigenvalue weighted by atomic mass is 19.1. The van der Waals surface area contributed by atoms with E-state index in [4.69, 9.17) is 4.74 Å². The van der Waals surface area contributed by atoms with E-state index in [1.165, 1.54) is 24.3 Å².